The molecule has 2 atom stereocenters. The van der Waals surface area contributed by atoms with Gasteiger partial charge in [0, 0.05) is 32.4 Å². The van der Waals surface area contributed by atoms with E-state index in [-0.39, 0.29) is 12.2 Å². The minimum atomic E-state index is 0.0173. The SMILES string of the molecule is [CH2]c1ccc(CC(CCl)OC)cc1CC(CCl)OC. The fraction of sp³-hybridized carbons (Fsp3) is 0.533. The van der Waals surface area contributed by atoms with E-state index in [0.717, 1.165) is 24.0 Å². The molecule has 0 amide bonds. The van der Waals surface area contributed by atoms with Crippen LogP contribution < -0.4 is 0 Å². The van der Waals surface area contributed by atoms with E-state index in [1.165, 1.54) is 5.56 Å². The minimum Gasteiger partial charge on any atom is -0.380 e. The molecule has 0 aliphatic heterocycles. The molecule has 2 unspecified atom stereocenters. The van der Waals surface area contributed by atoms with Crippen LogP contribution in [0.25, 0.3) is 0 Å². The van der Waals surface area contributed by atoms with E-state index in [0.29, 0.717) is 11.8 Å². The molecule has 0 saturated carbocycles. The first-order chi connectivity index (χ1) is 9.14. The van der Waals surface area contributed by atoms with Crippen LogP contribution in [0.1, 0.15) is 16.7 Å². The monoisotopic (exact) mass is 303 g/mol. The van der Waals surface area contributed by atoms with E-state index >= 15 is 0 Å². The largest absolute Gasteiger partial charge is 0.380 e. The molecule has 0 bridgehead atoms. The predicted octanol–water partition coefficient (Wildman–Crippen LogP) is 3.46. The Bertz CT molecular complexity index is 374. The number of benzene rings is 1. The Hall–Kier alpha value is -0.280. The standard InChI is InChI=1S/C15H21Cl2O2/c1-11-4-5-12(7-14(9-16)18-2)6-13(11)8-15(10-17)19-3/h4-6,14-15H,1,7-10H2,2-3H3. The van der Waals surface area contributed by atoms with Crippen molar-refractivity contribution in [3.63, 3.8) is 0 Å². The molecule has 107 valence electrons. The maximum atomic E-state index is 5.86. The average Bonchev–Trinajstić information content (AvgIpc) is 2.44. The summed E-state index contributed by atoms with van der Waals surface area (Å²) in [5.41, 5.74) is 3.37. The molecule has 0 aliphatic rings. The Balaban J connectivity index is 2.81. The van der Waals surface area contributed by atoms with Gasteiger partial charge in [-0.15, -0.1) is 23.2 Å². The first kappa shape index (κ1) is 16.8. The van der Waals surface area contributed by atoms with Gasteiger partial charge in [-0.1, -0.05) is 18.2 Å². The lowest BCUT2D eigenvalue weighted by Crippen LogP contribution is -2.18. The second-order valence-electron chi connectivity index (χ2n) is 4.54. The van der Waals surface area contributed by atoms with Crippen LogP contribution in [0.5, 0.6) is 0 Å². The van der Waals surface area contributed by atoms with Crippen molar-refractivity contribution in [3.8, 4) is 0 Å². The van der Waals surface area contributed by atoms with Gasteiger partial charge in [0.15, 0.2) is 0 Å². The molecule has 4 heteroatoms. The van der Waals surface area contributed by atoms with Gasteiger partial charge in [-0.05, 0) is 30.0 Å². The van der Waals surface area contributed by atoms with E-state index in [1.807, 2.05) is 6.07 Å². The summed E-state index contributed by atoms with van der Waals surface area (Å²) in [5, 5.41) is 0. The molecule has 1 aromatic carbocycles. The van der Waals surface area contributed by atoms with Gasteiger partial charge in [-0.2, -0.15) is 0 Å². The maximum Gasteiger partial charge on any atom is 0.0746 e. The number of hydrogen-bond donors (Lipinski definition) is 0. The second-order valence-corrected chi connectivity index (χ2v) is 5.15. The summed E-state index contributed by atoms with van der Waals surface area (Å²) in [6, 6.07) is 6.22. The molecule has 0 aromatic heterocycles. The Morgan fingerprint density at radius 1 is 1.05 bits per heavy atom. The van der Waals surface area contributed by atoms with Gasteiger partial charge < -0.3 is 9.47 Å². The third-order valence-electron chi connectivity index (χ3n) is 3.19. The summed E-state index contributed by atoms with van der Waals surface area (Å²) in [4.78, 5) is 0. The van der Waals surface area contributed by atoms with Crippen LogP contribution >= 0.6 is 23.2 Å². The van der Waals surface area contributed by atoms with Gasteiger partial charge in [0.2, 0.25) is 0 Å². The Morgan fingerprint density at radius 3 is 2.16 bits per heavy atom. The zero-order valence-electron chi connectivity index (χ0n) is 11.5. The highest BCUT2D eigenvalue weighted by Gasteiger charge is 2.12. The maximum absolute atomic E-state index is 5.86. The van der Waals surface area contributed by atoms with E-state index in [2.05, 4.69) is 19.1 Å². The van der Waals surface area contributed by atoms with Crippen LogP contribution in [-0.2, 0) is 22.3 Å². The summed E-state index contributed by atoms with van der Waals surface area (Å²) >= 11 is 11.7. The van der Waals surface area contributed by atoms with Crippen molar-refractivity contribution in [2.24, 2.45) is 0 Å². The fourth-order valence-electron chi connectivity index (χ4n) is 1.91. The molecule has 19 heavy (non-hydrogen) atoms. The molecule has 2 nitrogen and oxygen atoms in total. The van der Waals surface area contributed by atoms with Gasteiger partial charge >= 0.3 is 0 Å². The lowest BCUT2D eigenvalue weighted by Gasteiger charge is -2.16. The van der Waals surface area contributed by atoms with Crippen molar-refractivity contribution in [2.45, 2.75) is 25.0 Å². The highest BCUT2D eigenvalue weighted by atomic mass is 35.5. The second kappa shape index (κ2) is 8.80. The zero-order valence-corrected chi connectivity index (χ0v) is 13.0. The van der Waals surface area contributed by atoms with Crippen LogP contribution in [0, 0.1) is 6.92 Å². The van der Waals surface area contributed by atoms with E-state index in [9.17, 15) is 0 Å². The van der Waals surface area contributed by atoms with Crippen LogP contribution in [0.4, 0.5) is 0 Å². The molecule has 1 aromatic rings. The number of methoxy groups -OCH3 is 2. The van der Waals surface area contributed by atoms with Gasteiger partial charge in [0.1, 0.15) is 0 Å². The van der Waals surface area contributed by atoms with Gasteiger partial charge in [-0.3, -0.25) is 0 Å². The summed E-state index contributed by atoms with van der Waals surface area (Å²) in [7, 11) is 3.35. The molecule has 0 N–H and O–H groups in total. The summed E-state index contributed by atoms with van der Waals surface area (Å²) in [6.07, 6.45) is 1.62. The summed E-state index contributed by atoms with van der Waals surface area (Å²) in [5.74, 6) is 0.961. The molecule has 1 rings (SSSR count). The third-order valence-corrected chi connectivity index (χ3v) is 3.88. The van der Waals surface area contributed by atoms with E-state index in [1.54, 1.807) is 14.2 Å². The van der Waals surface area contributed by atoms with Gasteiger partial charge in [-0.25, -0.2) is 0 Å². The van der Waals surface area contributed by atoms with Crippen molar-refractivity contribution in [2.75, 3.05) is 26.0 Å². The molecule has 0 heterocycles. The number of alkyl halides is 2. The summed E-state index contributed by atoms with van der Waals surface area (Å²) in [6.45, 7) is 4.05. The highest BCUT2D eigenvalue weighted by Crippen LogP contribution is 2.17. The van der Waals surface area contributed by atoms with Crippen molar-refractivity contribution < 1.29 is 9.47 Å². The quantitative estimate of drug-likeness (QED) is 0.685. The number of ether oxygens (including phenoxy) is 2. The Morgan fingerprint density at radius 2 is 1.63 bits per heavy atom. The average molecular weight is 304 g/mol. The molecule has 0 fully saturated rings. The van der Waals surface area contributed by atoms with Crippen LogP contribution in [0.3, 0.4) is 0 Å². The minimum absolute atomic E-state index is 0.0173. The molecule has 0 spiro atoms. The van der Waals surface area contributed by atoms with Crippen molar-refractivity contribution in [1.29, 1.82) is 0 Å². The first-order valence-corrected chi connectivity index (χ1v) is 7.32. The predicted molar refractivity (Wildman–Crippen MR) is 81.3 cm³/mol. The lowest BCUT2D eigenvalue weighted by molar-refractivity contribution is 0.120. The van der Waals surface area contributed by atoms with Crippen molar-refractivity contribution in [1.82, 2.24) is 0 Å². The third kappa shape index (κ3) is 5.31. The van der Waals surface area contributed by atoms with Crippen LogP contribution in [-0.4, -0.2) is 38.2 Å². The number of rotatable bonds is 8. The molecule has 1 radical (unpaired) electrons. The van der Waals surface area contributed by atoms with Crippen LogP contribution in [0.15, 0.2) is 18.2 Å². The molecular formula is C15H21Cl2O2. The topological polar surface area (TPSA) is 18.5 Å². The molecule has 0 aliphatic carbocycles. The lowest BCUT2D eigenvalue weighted by atomic mass is 9.98. The van der Waals surface area contributed by atoms with Gasteiger partial charge in [0.05, 0.1) is 12.2 Å². The van der Waals surface area contributed by atoms with Crippen molar-refractivity contribution >= 4 is 23.2 Å². The van der Waals surface area contributed by atoms with Crippen LogP contribution in [0.2, 0.25) is 0 Å². The van der Waals surface area contributed by atoms with E-state index in [4.69, 9.17) is 32.7 Å². The first-order valence-electron chi connectivity index (χ1n) is 6.25. The Kier molecular flexibility index (Phi) is 7.77. The normalized spacial score (nSPS) is 14.4. The number of halogens is 2. The molecule has 0 saturated heterocycles. The summed E-state index contributed by atoms with van der Waals surface area (Å²) < 4.78 is 10.6. The highest BCUT2D eigenvalue weighted by molar-refractivity contribution is 6.18. The molecular weight excluding hydrogens is 283 g/mol. The smallest absolute Gasteiger partial charge is 0.0746 e. The Labute approximate surface area is 126 Å². The fourth-order valence-corrected chi connectivity index (χ4v) is 2.38. The van der Waals surface area contributed by atoms with Crippen molar-refractivity contribution in [3.05, 3.63) is 41.8 Å². The van der Waals surface area contributed by atoms with Gasteiger partial charge in [0.25, 0.3) is 0 Å². The zero-order chi connectivity index (χ0) is 14.3. The van der Waals surface area contributed by atoms with E-state index < -0.39 is 0 Å². The number of hydrogen-bond acceptors (Lipinski definition) is 2.